The summed E-state index contributed by atoms with van der Waals surface area (Å²) < 4.78 is 1.82. The molecule has 0 unspecified atom stereocenters. The highest BCUT2D eigenvalue weighted by atomic mass is 35.5. The average Bonchev–Trinajstić information content (AvgIpc) is 3.15. The molecule has 1 heterocycles. The summed E-state index contributed by atoms with van der Waals surface area (Å²) >= 11 is 18.5. The second-order valence-corrected chi connectivity index (χ2v) is 8.73. The van der Waals surface area contributed by atoms with Crippen LogP contribution in [0.2, 0.25) is 15.1 Å². The van der Waals surface area contributed by atoms with Crippen LogP contribution < -0.4 is 11.1 Å². The predicted molar refractivity (Wildman–Crippen MR) is 122 cm³/mol. The van der Waals surface area contributed by atoms with Crippen LogP contribution in [0.5, 0.6) is 0 Å². The van der Waals surface area contributed by atoms with Crippen molar-refractivity contribution in [2.75, 3.05) is 0 Å². The van der Waals surface area contributed by atoms with Gasteiger partial charge in [-0.25, -0.2) is 4.98 Å². The Hall–Kier alpha value is -2.05. The summed E-state index contributed by atoms with van der Waals surface area (Å²) in [6.07, 6.45) is 5.64. The third-order valence-corrected chi connectivity index (χ3v) is 6.15. The standard InChI is InChI=1S/C22H21Cl3N4O/c23-13-5-8-15(9-6-13)29-12-20(22(30)28-19-4-2-1-3-18(19)26)27-21(29)16-10-7-14(24)11-17(16)25/h5-12,18-19H,1-4,26H2,(H,28,30)/t18-,19-/m0/s1. The molecule has 156 valence electrons. The minimum Gasteiger partial charge on any atom is -0.346 e. The van der Waals surface area contributed by atoms with E-state index >= 15 is 0 Å². The predicted octanol–water partition coefficient (Wildman–Crippen LogP) is 5.50. The molecule has 0 spiro atoms. The molecule has 5 nitrogen and oxygen atoms in total. The van der Waals surface area contributed by atoms with E-state index in [-0.39, 0.29) is 18.0 Å². The van der Waals surface area contributed by atoms with Gasteiger partial charge in [-0.05, 0) is 55.3 Å². The van der Waals surface area contributed by atoms with Crippen LogP contribution in [0.3, 0.4) is 0 Å². The van der Waals surface area contributed by atoms with Crippen molar-refractivity contribution in [3.8, 4) is 17.1 Å². The number of nitrogens with one attached hydrogen (secondary N) is 1. The maximum Gasteiger partial charge on any atom is 0.271 e. The van der Waals surface area contributed by atoms with Crippen molar-refractivity contribution >= 4 is 40.7 Å². The van der Waals surface area contributed by atoms with Gasteiger partial charge in [0.25, 0.3) is 5.91 Å². The van der Waals surface area contributed by atoms with Crippen molar-refractivity contribution < 1.29 is 4.79 Å². The van der Waals surface area contributed by atoms with E-state index in [9.17, 15) is 4.79 Å². The van der Waals surface area contributed by atoms with Crippen LogP contribution in [0.1, 0.15) is 36.2 Å². The van der Waals surface area contributed by atoms with Gasteiger partial charge in [0.05, 0.1) is 5.02 Å². The maximum absolute atomic E-state index is 13.0. The summed E-state index contributed by atoms with van der Waals surface area (Å²) in [6, 6.07) is 12.4. The number of rotatable bonds is 4. The molecule has 1 amide bonds. The molecule has 3 N–H and O–H groups in total. The number of amides is 1. The minimum atomic E-state index is -0.253. The molecule has 30 heavy (non-hydrogen) atoms. The number of carbonyl (C=O) groups excluding carboxylic acids is 1. The second kappa shape index (κ2) is 8.98. The van der Waals surface area contributed by atoms with E-state index in [1.807, 2.05) is 16.7 Å². The second-order valence-electron chi connectivity index (χ2n) is 7.45. The fourth-order valence-corrected chi connectivity index (χ4v) is 4.35. The van der Waals surface area contributed by atoms with Crippen molar-refractivity contribution in [1.29, 1.82) is 0 Å². The summed E-state index contributed by atoms with van der Waals surface area (Å²) in [6.45, 7) is 0. The van der Waals surface area contributed by atoms with E-state index in [1.165, 1.54) is 0 Å². The van der Waals surface area contributed by atoms with Crippen molar-refractivity contribution in [2.45, 2.75) is 37.8 Å². The molecule has 1 aliphatic carbocycles. The molecule has 1 aliphatic rings. The molecule has 1 saturated carbocycles. The molecule has 1 aromatic heterocycles. The quantitative estimate of drug-likeness (QED) is 0.536. The minimum absolute atomic E-state index is 0.0359. The Balaban J connectivity index is 1.73. The van der Waals surface area contributed by atoms with E-state index in [1.54, 1.807) is 36.5 Å². The van der Waals surface area contributed by atoms with Crippen LogP contribution in [-0.2, 0) is 0 Å². The number of nitrogens with two attached hydrogens (primary N) is 1. The number of carbonyl (C=O) groups is 1. The molecule has 3 aromatic rings. The normalized spacial score (nSPS) is 18.9. The first kappa shape index (κ1) is 21.2. The first-order valence-corrected chi connectivity index (χ1v) is 10.9. The molecule has 2 atom stereocenters. The van der Waals surface area contributed by atoms with Crippen LogP contribution >= 0.6 is 34.8 Å². The van der Waals surface area contributed by atoms with Crippen LogP contribution in [0, 0.1) is 0 Å². The van der Waals surface area contributed by atoms with Gasteiger partial charge < -0.3 is 11.1 Å². The zero-order valence-corrected chi connectivity index (χ0v) is 18.4. The molecule has 0 saturated heterocycles. The lowest BCUT2D eigenvalue weighted by Crippen LogP contribution is -2.49. The highest BCUT2D eigenvalue weighted by Gasteiger charge is 2.26. The first-order valence-electron chi connectivity index (χ1n) is 9.79. The first-order chi connectivity index (χ1) is 14.4. The summed E-state index contributed by atoms with van der Waals surface area (Å²) in [7, 11) is 0. The SMILES string of the molecule is N[C@H]1CCCC[C@@H]1NC(=O)c1cn(-c2ccc(Cl)cc2)c(-c2ccc(Cl)cc2Cl)n1. The number of benzene rings is 2. The zero-order valence-electron chi connectivity index (χ0n) is 16.1. The van der Waals surface area contributed by atoms with E-state index in [2.05, 4.69) is 10.3 Å². The zero-order chi connectivity index (χ0) is 21.3. The fraction of sp³-hybridized carbons (Fsp3) is 0.273. The Morgan fingerprint density at radius 1 is 1.03 bits per heavy atom. The molecule has 8 heteroatoms. The lowest BCUT2D eigenvalue weighted by Gasteiger charge is -2.28. The highest BCUT2D eigenvalue weighted by molar-refractivity contribution is 6.36. The van der Waals surface area contributed by atoms with Crippen LogP contribution in [0.25, 0.3) is 17.1 Å². The Morgan fingerprint density at radius 3 is 2.43 bits per heavy atom. The Kier molecular flexibility index (Phi) is 6.34. The van der Waals surface area contributed by atoms with Crippen molar-refractivity contribution in [3.05, 3.63) is 69.4 Å². The number of halogens is 3. The van der Waals surface area contributed by atoms with Crippen LogP contribution in [0.15, 0.2) is 48.7 Å². The molecule has 0 radical (unpaired) electrons. The van der Waals surface area contributed by atoms with Crippen molar-refractivity contribution in [1.82, 2.24) is 14.9 Å². The summed E-state index contributed by atoms with van der Waals surface area (Å²) in [5.74, 6) is 0.286. The van der Waals surface area contributed by atoms with Gasteiger partial charge in [-0.15, -0.1) is 0 Å². The Bertz CT molecular complexity index is 1060. The number of aromatic nitrogens is 2. The lowest BCUT2D eigenvalue weighted by molar-refractivity contribution is 0.0916. The van der Waals surface area contributed by atoms with E-state index in [0.29, 0.717) is 32.1 Å². The van der Waals surface area contributed by atoms with Crippen molar-refractivity contribution in [2.24, 2.45) is 5.73 Å². The third kappa shape index (κ3) is 4.49. The lowest BCUT2D eigenvalue weighted by atomic mass is 9.91. The van der Waals surface area contributed by atoms with Gasteiger partial charge in [0.1, 0.15) is 11.5 Å². The average molecular weight is 464 g/mol. The van der Waals surface area contributed by atoms with Gasteiger partial charge in [0.15, 0.2) is 0 Å². The van der Waals surface area contributed by atoms with Gasteiger partial charge in [0.2, 0.25) is 0 Å². The van der Waals surface area contributed by atoms with Gasteiger partial charge in [-0.3, -0.25) is 9.36 Å². The van der Waals surface area contributed by atoms with E-state index < -0.39 is 0 Å². The Labute approximate surface area is 190 Å². The fourth-order valence-electron chi connectivity index (χ4n) is 3.73. The smallest absolute Gasteiger partial charge is 0.271 e. The number of hydrogen-bond donors (Lipinski definition) is 2. The summed E-state index contributed by atoms with van der Waals surface area (Å²) in [4.78, 5) is 17.6. The monoisotopic (exact) mass is 462 g/mol. The largest absolute Gasteiger partial charge is 0.346 e. The molecule has 2 aromatic carbocycles. The molecular formula is C22H21Cl3N4O. The molecule has 1 fully saturated rings. The summed E-state index contributed by atoms with van der Waals surface area (Å²) in [5.41, 5.74) is 7.96. The van der Waals surface area contributed by atoms with Gasteiger partial charge in [0, 0.05) is 39.6 Å². The van der Waals surface area contributed by atoms with E-state index in [4.69, 9.17) is 40.5 Å². The van der Waals surface area contributed by atoms with Gasteiger partial charge in [-0.1, -0.05) is 47.6 Å². The molecular weight excluding hydrogens is 443 g/mol. The number of imidazole rings is 1. The topological polar surface area (TPSA) is 72.9 Å². The van der Waals surface area contributed by atoms with E-state index in [0.717, 1.165) is 31.4 Å². The maximum atomic E-state index is 13.0. The van der Waals surface area contributed by atoms with Crippen molar-refractivity contribution in [3.63, 3.8) is 0 Å². The molecule has 0 aliphatic heterocycles. The van der Waals surface area contributed by atoms with Gasteiger partial charge in [-0.2, -0.15) is 0 Å². The number of hydrogen-bond acceptors (Lipinski definition) is 3. The number of nitrogens with zero attached hydrogens (tertiary/aromatic N) is 2. The molecule has 4 rings (SSSR count). The molecule has 0 bridgehead atoms. The van der Waals surface area contributed by atoms with Gasteiger partial charge >= 0.3 is 0 Å². The van der Waals surface area contributed by atoms with Crippen LogP contribution in [0.4, 0.5) is 0 Å². The highest BCUT2D eigenvalue weighted by Crippen LogP contribution is 2.32. The Morgan fingerprint density at radius 2 is 1.73 bits per heavy atom. The third-order valence-electron chi connectivity index (χ3n) is 5.35. The van der Waals surface area contributed by atoms with Crippen LogP contribution in [-0.4, -0.2) is 27.5 Å². The summed E-state index contributed by atoms with van der Waals surface area (Å²) in [5, 5.41) is 4.64.